The minimum absolute atomic E-state index is 0.0667. The van der Waals surface area contributed by atoms with Gasteiger partial charge in [-0.3, -0.25) is 14.6 Å². The average molecular weight is 521 g/mol. The van der Waals surface area contributed by atoms with Crippen molar-refractivity contribution in [1.82, 2.24) is 39.3 Å². The second-order valence-corrected chi connectivity index (χ2v) is 9.73. The molecule has 2 aromatic heterocycles. The van der Waals surface area contributed by atoms with E-state index in [2.05, 4.69) is 15.2 Å². The number of piperazine rings is 2. The molecule has 5 rings (SSSR count). The van der Waals surface area contributed by atoms with Crippen LogP contribution in [0.4, 0.5) is 4.79 Å². The predicted octanol–water partition coefficient (Wildman–Crippen LogP) is 1.58. The van der Waals surface area contributed by atoms with Gasteiger partial charge in [0.05, 0.1) is 15.6 Å². The Kier molecular flexibility index (Phi) is 6.79. The predicted molar refractivity (Wildman–Crippen MR) is 127 cm³/mol. The second kappa shape index (κ2) is 9.98. The van der Waals surface area contributed by atoms with Crippen molar-refractivity contribution >= 4 is 41.0 Å². The molecule has 3 aliphatic rings. The van der Waals surface area contributed by atoms with Crippen molar-refractivity contribution in [2.45, 2.75) is 25.3 Å². The Balaban J connectivity index is 1.13. The number of rotatable bonds is 2. The van der Waals surface area contributed by atoms with Crippen LogP contribution in [0.2, 0.25) is 10.0 Å². The van der Waals surface area contributed by atoms with E-state index < -0.39 is 0 Å². The number of hydrogen-bond acceptors (Lipinski definition) is 6. The Bertz CT molecular complexity index is 1110. The molecule has 0 aromatic carbocycles. The first-order chi connectivity index (χ1) is 16.9. The average Bonchev–Trinajstić information content (AvgIpc) is 3.37. The van der Waals surface area contributed by atoms with E-state index in [9.17, 15) is 14.4 Å². The summed E-state index contributed by atoms with van der Waals surface area (Å²) in [6, 6.07) is -0.327. The van der Waals surface area contributed by atoms with Crippen LogP contribution in [0.1, 0.15) is 35.1 Å². The molecule has 2 aromatic rings. The first kappa shape index (κ1) is 23.8. The highest BCUT2D eigenvalue weighted by atomic mass is 35.5. The van der Waals surface area contributed by atoms with E-state index in [1.807, 2.05) is 9.47 Å². The molecule has 0 bridgehead atoms. The van der Waals surface area contributed by atoms with Gasteiger partial charge in [-0.2, -0.15) is 0 Å². The van der Waals surface area contributed by atoms with E-state index in [-0.39, 0.29) is 39.5 Å². The lowest BCUT2D eigenvalue weighted by Crippen LogP contribution is -2.58. The van der Waals surface area contributed by atoms with Crippen LogP contribution in [-0.4, -0.2) is 110 Å². The molecule has 0 N–H and O–H groups in total. The first-order valence-electron chi connectivity index (χ1n) is 11.7. The van der Waals surface area contributed by atoms with E-state index >= 15 is 0 Å². The van der Waals surface area contributed by atoms with Gasteiger partial charge in [0.1, 0.15) is 18.2 Å². The summed E-state index contributed by atoms with van der Waals surface area (Å²) in [5, 5.41) is 8.48. The molecule has 2 saturated heterocycles. The summed E-state index contributed by atoms with van der Waals surface area (Å²) >= 11 is 12.3. The third-order valence-electron chi connectivity index (χ3n) is 6.91. The Morgan fingerprint density at radius 1 is 0.829 bits per heavy atom. The van der Waals surface area contributed by atoms with Gasteiger partial charge in [0.15, 0.2) is 0 Å². The van der Waals surface area contributed by atoms with Crippen LogP contribution >= 0.6 is 23.2 Å². The summed E-state index contributed by atoms with van der Waals surface area (Å²) < 4.78 is 1.89. The van der Waals surface area contributed by atoms with Gasteiger partial charge < -0.3 is 24.2 Å². The van der Waals surface area contributed by atoms with Crippen LogP contribution in [0.3, 0.4) is 0 Å². The topological polar surface area (TPSA) is 108 Å². The number of carbonyl (C=O) groups is 3. The van der Waals surface area contributed by atoms with Gasteiger partial charge in [0.2, 0.25) is 5.91 Å². The van der Waals surface area contributed by atoms with Crippen LogP contribution in [0.5, 0.6) is 0 Å². The van der Waals surface area contributed by atoms with Gasteiger partial charge in [-0.25, -0.2) is 4.79 Å². The Labute approximate surface area is 212 Å². The van der Waals surface area contributed by atoms with Crippen LogP contribution in [0.25, 0.3) is 0 Å². The van der Waals surface area contributed by atoms with E-state index in [4.69, 9.17) is 23.2 Å². The SMILES string of the molecule is O=C(c1c(Cl)cncc1Cl)N1CCN(C(=O)N2CCN(C(=O)C3CCCc4nncn43)CC2)CC1. The normalized spacial score (nSPS) is 20.6. The highest BCUT2D eigenvalue weighted by Gasteiger charge is 2.35. The van der Waals surface area contributed by atoms with E-state index in [1.54, 1.807) is 21.0 Å². The quantitative estimate of drug-likeness (QED) is 0.594. The number of carbonyl (C=O) groups excluding carboxylic acids is 3. The number of hydrogen-bond donors (Lipinski definition) is 0. The Morgan fingerprint density at radius 2 is 1.40 bits per heavy atom. The van der Waals surface area contributed by atoms with Crippen molar-refractivity contribution in [3.8, 4) is 0 Å². The molecule has 3 aliphatic heterocycles. The minimum Gasteiger partial charge on any atom is -0.337 e. The molecule has 0 spiro atoms. The van der Waals surface area contributed by atoms with Gasteiger partial charge in [0, 0.05) is 71.2 Å². The number of halogens is 2. The fourth-order valence-corrected chi connectivity index (χ4v) is 5.47. The molecular weight excluding hydrogens is 495 g/mol. The lowest BCUT2D eigenvalue weighted by molar-refractivity contribution is -0.136. The molecule has 13 heteroatoms. The van der Waals surface area contributed by atoms with Crippen molar-refractivity contribution in [2.24, 2.45) is 0 Å². The fourth-order valence-electron chi connectivity index (χ4n) is 4.94. The lowest BCUT2D eigenvalue weighted by atomic mass is 10.0. The van der Waals surface area contributed by atoms with Gasteiger partial charge >= 0.3 is 6.03 Å². The van der Waals surface area contributed by atoms with Crippen molar-refractivity contribution in [3.63, 3.8) is 0 Å². The van der Waals surface area contributed by atoms with Gasteiger partial charge in [-0.1, -0.05) is 23.2 Å². The van der Waals surface area contributed by atoms with Crippen molar-refractivity contribution < 1.29 is 14.4 Å². The number of urea groups is 1. The lowest BCUT2D eigenvalue weighted by Gasteiger charge is -2.41. The standard InChI is InChI=1S/C22H26Cl2N8O3/c23-15-12-25-13-16(24)19(15)21(34)29-6-10-31(11-7-29)22(35)30-8-4-28(5-9-30)20(33)17-2-1-3-18-27-26-14-32(17)18/h12-14,17H,1-11H2. The van der Waals surface area contributed by atoms with Crippen molar-refractivity contribution in [2.75, 3.05) is 52.4 Å². The smallest absolute Gasteiger partial charge is 0.320 e. The number of fused-ring (bicyclic) bond motifs is 1. The van der Waals surface area contributed by atoms with E-state index in [0.717, 1.165) is 25.1 Å². The molecule has 1 unspecified atom stereocenters. The molecule has 0 saturated carbocycles. The zero-order valence-corrected chi connectivity index (χ0v) is 20.7. The highest BCUT2D eigenvalue weighted by Crippen LogP contribution is 2.27. The molecule has 1 atom stereocenters. The Morgan fingerprint density at radius 3 is 2.03 bits per heavy atom. The molecule has 2 fully saturated rings. The van der Waals surface area contributed by atoms with E-state index in [1.165, 1.54) is 12.4 Å². The molecule has 0 radical (unpaired) electrons. The van der Waals surface area contributed by atoms with Crippen molar-refractivity contribution in [1.29, 1.82) is 0 Å². The number of aryl methyl sites for hydroxylation is 1. The third kappa shape index (κ3) is 4.66. The minimum atomic E-state index is -0.263. The summed E-state index contributed by atoms with van der Waals surface area (Å²) in [7, 11) is 0. The summed E-state index contributed by atoms with van der Waals surface area (Å²) in [6.45, 7) is 3.57. The highest BCUT2D eigenvalue weighted by molar-refractivity contribution is 6.39. The summed E-state index contributed by atoms with van der Waals surface area (Å²) in [4.78, 5) is 50.0. The number of nitrogens with zero attached hydrogens (tertiary/aromatic N) is 8. The largest absolute Gasteiger partial charge is 0.337 e. The number of amides is 4. The fraction of sp³-hybridized carbons (Fsp3) is 0.545. The summed E-state index contributed by atoms with van der Waals surface area (Å²) in [5.74, 6) is 0.661. The van der Waals surface area contributed by atoms with Gasteiger partial charge in [0.25, 0.3) is 5.91 Å². The Hall–Kier alpha value is -2.92. The maximum atomic E-state index is 13.1. The number of aromatic nitrogens is 4. The maximum absolute atomic E-state index is 13.1. The van der Waals surface area contributed by atoms with E-state index in [0.29, 0.717) is 52.4 Å². The molecule has 11 nitrogen and oxygen atoms in total. The molecule has 35 heavy (non-hydrogen) atoms. The zero-order chi connectivity index (χ0) is 24.5. The number of pyridine rings is 1. The monoisotopic (exact) mass is 520 g/mol. The first-order valence-corrected chi connectivity index (χ1v) is 12.5. The third-order valence-corrected chi connectivity index (χ3v) is 7.49. The van der Waals surface area contributed by atoms with Crippen LogP contribution in [0.15, 0.2) is 18.7 Å². The molecular formula is C22H26Cl2N8O3. The molecule has 186 valence electrons. The van der Waals surface area contributed by atoms with Gasteiger partial charge in [-0.05, 0) is 12.8 Å². The van der Waals surface area contributed by atoms with Crippen LogP contribution in [0, 0.1) is 0 Å². The van der Waals surface area contributed by atoms with Crippen LogP contribution < -0.4 is 0 Å². The second-order valence-electron chi connectivity index (χ2n) is 8.91. The summed E-state index contributed by atoms with van der Waals surface area (Å²) in [5.41, 5.74) is 0.237. The zero-order valence-electron chi connectivity index (χ0n) is 19.1. The molecule has 5 heterocycles. The van der Waals surface area contributed by atoms with Crippen LogP contribution in [-0.2, 0) is 11.2 Å². The summed E-state index contributed by atoms with van der Waals surface area (Å²) in [6.07, 6.45) is 6.96. The molecule has 0 aliphatic carbocycles. The van der Waals surface area contributed by atoms with Crippen molar-refractivity contribution in [3.05, 3.63) is 40.2 Å². The molecule has 4 amide bonds. The maximum Gasteiger partial charge on any atom is 0.320 e. The van der Waals surface area contributed by atoms with Gasteiger partial charge in [-0.15, -0.1) is 10.2 Å².